The first-order valence-electron chi connectivity index (χ1n) is 5.32. The van der Waals surface area contributed by atoms with Gasteiger partial charge in [-0.25, -0.2) is 13.1 Å². The Labute approximate surface area is 119 Å². The smallest absolute Gasteiger partial charge is 0.266 e. The van der Waals surface area contributed by atoms with E-state index in [4.69, 9.17) is 10.3 Å². The minimum Gasteiger partial charge on any atom is -0.398 e. The van der Waals surface area contributed by atoms with E-state index in [-0.39, 0.29) is 16.5 Å². The number of hydrogen-bond acceptors (Lipinski definition) is 5. The molecule has 102 valence electrons. The van der Waals surface area contributed by atoms with Crippen molar-refractivity contribution in [2.45, 2.75) is 18.7 Å². The van der Waals surface area contributed by atoms with Gasteiger partial charge in [0.25, 0.3) is 10.0 Å². The minimum absolute atomic E-state index is 0.0182. The Bertz CT molecular complexity index is 725. The molecule has 0 bridgehead atoms. The second-order valence-corrected chi connectivity index (χ2v) is 6.58. The third-order valence-electron chi connectivity index (χ3n) is 2.65. The fraction of sp³-hybridized carbons (Fsp3) is 0.182. The highest BCUT2D eigenvalue weighted by Crippen LogP contribution is 2.26. The van der Waals surface area contributed by atoms with E-state index in [2.05, 4.69) is 25.8 Å². The number of aromatic nitrogens is 1. The fourth-order valence-electron chi connectivity index (χ4n) is 1.43. The van der Waals surface area contributed by atoms with Gasteiger partial charge in [-0.2, -0.15) is 0 Å². The molecule has 2 aromatic rings. The number of aryl methyl sites for hydroxylation is 1. The van der Waals surface area contributed by atoms with Gasteiger partial charge in [-0.05, 0) is 32.0 Å². The van der Waals surface area contributed by atoms with E-state index < -0.39 is 10.0 Å². The summed E-state index contributed by atoms with van der Waals surface area (Å²) in [5.74, 6) is 0.0943. The van der Waals surface area contributed by atoms with Crippen LogP contribution in [-0.2, 0) is 10.0 Å². The summed E-state index contributed by atoms with van der Waals surface area (Å²) in [5.41, 5.74) is 7.10. The lowest BCUT2D eigenvalue weighted by Gasteiger charge is -2.08. The molecular weight excluding hydrogens is 334 g/mol. The number of nitrogens with one attached hydrogen (secondary N) is 1. The third kappa shape index (κ3) is 2.74. The van der Waals surface area contributed by atoms with Crippen LogP contribution < -0.4 is 10.5 Å². The number of hydrogen-bond donors (Lipinski definition) is 2. The molecule has 3 N–H and O–H groups in total. The van der Waals surface area contributed by atoms with E-state index in [9.17, 15) is 8.42 Å². The van der Waals surface area contributed by atoms with Crippen LogP contribution in [0.1, 0.15) is 11.3 Å². The van der Waals surface area contributed by atoms with E-state index in [1.54, 1.807) is 19.9 Å². The highest BCUT2D eigenvalue weighted by molar-refractivity contribution is 9.10. The molecule has 0 spiro atoms. The first-order chi connectivity index (χ1) is 8.81. The van der Waals surface area contributed by atoms with Crippen LogP contribution in [0.4, 0.5) is 11.6 Å². The molecule has 0 fully saturated rings. The lowest BCUT2D eigenvalue weighted by Crippen LogP contribution is -2.15. The van der Waals surface area contributed by atoms with E-state index in [0.717, 1.165) is 0 Å². The topological polar surface area (TPSA) is 98.2 Å². The summed E-state index contributed by atoms with van der Waals surface area (Å²) < 4.78 is 32.4. The molecule has 0 radical (unpaired) electrons. The summed E-state index contributed by atoms with van der Waals surface area (Å²) in [6.45, 7) is 3.44. The summed E-state index contributed by atoms with van der Waals surface area (Å²) >= 11 is 3.21. The largest absolute Gasteiger partial charge is 0.398 e. The maximum absolute atomic E-state index is 12.2. The van der Waals surface area contributed by atoms with Crippen LogP contribution in [-0.4, -0.2) is 13.6 Å². The number of nitrogens with zero attached hydrogens (tertiary/aromatic N) is 1. The van der Waals surface area contributed by atoms with Gasteiger partial charge in [-0.3, -0.25) is 0 Å². The van der Waals surface area contributed by atoms with E-state index in [1.165, 1.54) is 12.1 Å². The molecule has 19 heavy (non-hydrogen) atoms. The standard InChI is InChI=1S/C11H12BrN3O3S/c1-6-7(2)14-18-11(6)15-19(16,17)10-5-8(12)3-4-9(10)13/h3-5,15H,13H2,1-2H3. The van der Waals surface area contributed by atoms with Crippen molar-refractivity contribution in [3.63, 3.8) is 0 Å². The summed E-state index contributed by atoms with van der Waals surface area (Å²) in [6, 6.07) is 4.60. The molecule has 1 aromatic carbocycles. The Morgan fingerprint density at radius 2 is 2.05 bits per heavy atom. The molecule has 0 aliphatic heterocycles. The molecule has 6 nitrogen and oxygen atoms in total. The van der Waals surface area contributed by atoms with Crippen LogP contribution in [0, 0.1) is 13.8 Å². The van der Waals surface area contributed by atoms with Gasteiger partial charge in [0.2, 0.25) is 5.88 Å². The number of nitrogens with two attached hydrogens (primary N) is 1. The van der Waals surface area contributed by atoms with Crippen molar-refractivity contribution < 1.29 is 12.9 Å². The number of rotatable bonds is 3. The highest BCUT2D eigenvalue weighted by atomic mass is 79.9. The quantitative estimate of drug-likeness (QED) is 0.832. The van der Waals surface area contributed by atoms with Gasteiger partial charge >= 0.3 is 0 Å². The second kappa shape index (κ2) is 4.86. The molecule has 0 atom stereocenters. The number of nitrogen functional groups attached to an aromatic ring is 1. The van der Waals surface area contributed by atoms with Gasteiger partial charge < -0.3 is 10.3 Å². The average molecular weight is 346 g/mol. The van der Waals surface area contributed by atoms with E-state index in [1.807, 2.05) is 0 Å². The maximum Gasteiger partial charge on any atom is 0.266 e. The Morgan fingerprint density at radius 3 is 2.63 bits per heavy atom. The SMILES string of the molecule is Cc1noc(NS(=O)(=O)c2cc(Br)ccc2N)c1C. The predicted molar refractivity (Wildman–Crippen MR) is 75.3 cm³/mol. The summed E-state index contributed by atoms with van der Waals surface area (Å²) in [6.07, 6.45) is 0. The minimum atomic E-state index is -3.81. The van der Waals surface area contributed by atoms with Crippen LogP contribution in [0.15, 0.2) is 32.1 Å². The zero-order valence-corrected chi connectivity index (χ0v) is 12.7. The molecule has 0 saturated carbocycles. The Balaban J connectivity index is 2.43. The molecule has 1 aromatic heterocycles. The number of anilines is 2. The maximum atomic E-state index is 12.2. The first-order valence-corrected chi connectivity index (χ1v) is 7.59. The van der Waals surface area contributed by atoms with Crippen LogP contribution in [0.25, 0.3) is 0 Å². The molecule has 0 saturated heterocycles. The first kappa shape index (κ1) is 13.9. The zero-order valence-electron chi connectivity index (χ0n) is 10.3. The van der Waals surface area contributed by atoms with Gasteiger partial charge in [0, 0.05) is 10.0 Å². The van der Waals surface area contributed by atoms with Crippen molar-refractivity contribution in [3.05, 3.63) is 33.9 Å². The summed E-state index contributed by atoms with van der Waals surface area (Å²) in [4.78, 5) is -0.0182. The normalized spacial score (nSPS) is 11.5. The van der Waals surface area contributed by atoms with Crippen LogP contribution in [0.5, 0.6) is 0 Å². The Kier molecular flexibility index (Phi) is 3.55. The van der Waals surface area contributed by atoms with Crippen molar-refractivity contribution in [2.24, 2.45) is 0 Å². The predicted octanol–water partition coefficient (Wildman–Crippen LogP) is 2.44. The molecule has 1 heterocycles. The molecule has 8 heteroatoms. The van der Waals surface area contributed by atoms with Crippen LogP contribution in [0.2, 0.25) is 0 Å². The van der Waals surface area contributed by atoms with Gasteiger partial charge in [-0.1, -0.05) is 21.1 Å². The average Bonchev–Trinajstić information content (AvgIpc) is 2.63. The third-order valence-corrected chi connectivity index (χ3v) is 4.53. The van der Waals surface area contributed by atoms with Gasteiger partial charge in [0.1, 0.15) is 4.90 Å². The van der Waals surface area contributed by atoms with Crippen LogP contribution in [0.3, 0.4) is 0 Å². The Morgan fingerprint density at radius 1 is 1.37 bits per heavy atom. The van der Waals surface area contributed by atoms with Crippen molar-refractivity contribution in [2.75, 3.05) is 10.5 Å². The fourth-order valence-corrected chi connectivity index (χ4v) is 3.15. The van der Waals surface area contributed by atoms with E-state index >= 15 is 0 Å². The number of benzene rings is 1. The zero-order chi connectivity index (χ0) is 14.2. The van der Waals surface area contributed by atoms with Gasteiger partial charge in [0.05, 0.1) is 11.4 Å². The van der Waals surface area contributed by atoms with Crippen molar-refractivity contribution in [1.82, 2.24) is 5.16 Å². The van der Waals surface area contributed by atoms with Crippen molar-refractivity contribution in [1.29, 1.82) is 0 Å². The lowest BCUT2D eigenvalue weighted by molar-refractivity contribution is 0.430. The highest BCUT2D eigenvalue weighted by Gasteiger charge is 2.21. The summed E-state index contributed by atoms with van der Waals surface area (Å²) in [7, 11) is -3.81. The van der Waals surface area contributed by atoms with Gasteiger partial charge in [0.15, 0.2) is 0 Å². The monoisotopic (exact) mass is 345 g/mol. The van der Waals surface area contributed by atoms with Gasteiger partial charge in [-0.15, -0.1) is 0 Å². The molecule has 0 aliphatic rings. The Hall–Kier alpha value is -1.54. The van der Waals surface area contributed by atoms with Crippen molar-refractivity contribution in [3.8, 4) is 0 Å². The molecule has 0 aliphatic carbocycles. The number of halogens is 1. The number of sulfonamides is 1. The van der Waals surface area contributed by atoms with E-state index in [0.29, 0.717) is 15.7 Å². The molecule has 0 amide bonds. The lowest BCUT2D eigenvalue weighted by atomic mass is 10.3. The summed E-state index contributed by atoms with van der Waals surface area (Å²) in [5, 5.41) is 3.69. The molecular formula is C11H12BrN3O3S. The van der Waals surface area contributed by atoms with Crippen molar-refractivity contribution >= 4 is 37.5 Å². The molecule has 2 rings (SSSR count). The molecule has 0 unspecified atom stereocenters. The van der Waals surface area contributed by atoms with Crippen LogP contribution >= 0.6 is 15.9 Å². The second-order valence-electron chi connectivity index (χ2n) is 4.01.